The van der Waals surface area contributed by atoms with E-state index >= 15 is 0 Å². The van der Waals surface area contributed by atoms with Gasteiger partial charge in [0.05, 0.1) is 0 Å². The Morgan fingerprint density at radius 3 is 2.56 bits per heavy atom. The third-order valence-corrected chi connectivity index (χ3v) is 5.73. The van der Waals surface area contributed by atoms with Crippen LogP contribution in [-0.2, 0) is 11.2 Å². The number of urea groups is 1. The van der Waals surface area contributed by atoms with Crippen molar-refractivity contribution < 1.29 is 9.59 Å². The van der Waals surface area contributed by atoms with Crippen molar-refractivity contribution in [3.8, 4) is 0 Å². The van der Waals surface area contributed by atoms with Crippen LogP contribution in [0.5, 0.6) is 0 Å². The van der Waals surface area contributed by atoms with Crippen molar-refractivity contribution in [2.75, 3.05) is 12.4 Å². The second-order valence-corrected chi connectivity index (χ2v) is 7.34. The van der Waals surface area contributed by atoms with Gasteiger partial charge in [0.25, 0.3) is 5.91 Å². The molecule has 27 heavy (non-hydrogen) atoms. The molecule has 0 radical (unpaired) electrons. The van der Waals surface area contributed by atoms with Crippen LogP contribution in [0.25, 0.3) is 10.9 Å². The molecule has 6 heteroatoms. The molecule has 1 fully saturated rings. The lowest BCUT2D eigenvalue weighted by Crippen LogP contribution is -2.44. The van der Waals surface area contributed by atoms with Gasteiger partial charge in [0.15, 0.2) is 0 Å². The minimum absolute atomic E-state index is 0.155. The second kappa shape index (κ2) is 6.13. The van der Waals surface area contributed by atoms with Crippen LogP contribution in [0, 0.1) is 0 Å². The number of aromatic nitrogens is 1. The van der Waals surface area contributed by atoms with Gasteiger partial charge in [-0.2, -0.15) is 0 Å². The number of fused-ring (bicyclic) bond motifs is 4. The van der Waals surface area contributed by atoms with Crippen LogP contribution >= 0.6 is 11.6 Å². The van der Waals surface area contributed by atoms with E-state index in [2.05, 4.69) is 11.1 Å². The zero-order chi connectivity index (χ0) is 18.5. The largest absolute Gasteiger partial charge is 0.356 e. The van der Waals surface area contributed by atoms with Gasteiger partial charge in [-0.1, -0.05) is 48.5 Å². The Hall–Kier alpha value is -2.79. The molecule has 3 amide bonds. The minimum atomic E-state index is -0.488. The average Bonchev–Trinajstić information content (AvgIpc) is 3.18. The molecule has 5 nitrogen and oxygen atoms in total. The standard InChI is InChI=1S/C21H18ClN3O2/c22-10-11-24-20(26)17-12-15-14-8-4-5-9-16(14)23-18(15)19(25(17)21(24)27)13-6-2-1-3-7-13/h1-9,17,19,23H,10-12H2/t17-,19+/m1/s1. The van der Waals surface area contributed by atoms with Gasteiger partial charge in [-0.15, -0.1) is 11.6 Å². The summed E-state index contributed by atoms with van der Waals surface area (Å²) < 4.78 is 0. The number of benzene rings is 2. The molecule has 5 rings (SSSR count). The number of imide groups is 1. The van der Waals surface area contributed by atoms with Gasteiger partial charge >= 0.3 is 6.03 Å². The first kappa shape index (κ1) is 16.4. The molecule has 0 spiro atoms. The molecule has 2 atom stereocenters. The van der Waals surface area contributed by atoms with Gasteiger partial charge in [0, 0.05) is 35.4 Å². The van der Waals surface area contributed by atoms with E-state index in [0.717, 1.165) is 27.7 Å². The predicted octanol–water partition coefficient (Wildman–Crippen LogP) is 3.69. The summed E-state index contributed by atoms with van der Waals surface area (Å²) in [5, 5.41) is 1.11. The first-order valence-electron chi connectivity index (χ1n) is 9.04. The smallest absolute Gasteiger partial charge is 0.328 e. The van der Waals surface area contributed by atoms with Crippen molar-refractivity contribution in [2.24, 2.45) is 0 Å². The molecule has 0 unspecified atom stereocenters. The Morgan fingerprint density at radius 2 is 1.78 bits per heavy atom. The molecule has 1 saturated heterocycles. The van der Waals surface area contributed by atoms with Gasteiger partial charge in [0.1, 0.15) is 12.1 Å². The van der Waals surface area contributed by atoms with Crippen molar-refractivity contribution in [1.29, 1.82) is 0 Å². The highest BCUT2D eigenvalue weighted by Crippen LogP contribution is 2.43. The number of rotatable bonds is 3. The molecule has 0 saturated carbocycles. The fourth-order valence-electron chi connectivity index (χ4n) is 4.40. The SMILES string of the molecule is O=C1[C@H]2Cc3c([nH]c4ccccc34)[C@H](c3ccccc3)N2C(=O)N1CCCl. The molecule has 0 aliphatic carbocycles. The normalized spacial score (nSPS) is 21.7. The number of H-pyrrole nitrogens is 1. The van der Waals surface area contributed by atoms with E-state index in [4.69, 9.17) is 11.6 Å². The van der Waals surface area contributed by atoms with E-state index in [1.807, 2.05) is 48.5 Å². The van der Waals surface area contributed by atoms with E-state index in [0.29, 0.717) is 6.42 Å². The maximum Gasteiger partial charge on any atom is 0.328 e. The van der Waals surface area contributed by atoms with Gasteiger partial charge in [0.2, 0.25) is 0 Å². The van der Waals surface area contributed by atoms with Crippen molar-refractivity contribution in [3.05, 3.63) is 71.4 Å². The van der Waals surface area contributed by atoms with Crippen LogP contribution in [0.3, 0.4) is 0 Å². The van der Waals surface area contributed by atoms with Crippen LogP contribution < -0.4 is 0 Å². The lowest BCUT2D eigenvalue weighted by atomic mass is 9.89. The third kappa shape index (κ3) is 2.31. The zero-order valence-corrected chi connectivity index (χ0v) is 15.3. The lowest BCUT2D eigenvalue weighted by molar-refractivity contribution is -0.128. The summed E-state index contributed by atoms with van der Waals surface area (Å²) >= 11 is 5.84. The summed E-state index contributed by atoms with van der Waals surface area (Å²) in [6.45, 7) is 0.239. The average molecular weight is 380 g/mol. The maximum absolute atomic E-state index is 13.1. The van der Waals surface area contributed by atoms with Gasteiger partial charge in [-0.05, 0) is 17.2 Å². The number of amides is 3. The highest BCUT2D eigenvalue weighted by atomic mass is 35.5. The molecule has 3 aromatic rings. The molecule has 136 valence electrons. The number of nitrogens with zero attached hydrogens (tertiary/aromatic N) is 2. The maximum atomic E-state index is 13.1. The second-order valence-electron chi connectivity index (χ2n) is 6.96. The summed E-state index contributed by atoms with van der Waals surface area (Å²) in [4.78, 5) is 32.6. The van der Waals surface area contributed by atoms with Crippen LogP contribution in [0.2, 0.25) is 0 Å². The Labute approximate surface area is 161 Å². The number of hydrogen-bond acceptors (Lipinski definition) is 2. The van der Waals surface area contributed by atoms with E-state index in [-0.39, 0.29) is 30.4 Å². The fourth-order valence-corrected chi connectivity index (χ4v) is 4.57. The van der Waals surface area contributed by atoms with Crippen molar-refractivity contribution >= 4 is 34.4 Å². The molecular weight excluding hydrogens is 362 g/mol. The third-order valence-electron chi connectivity index (χ3n) is 5.56. The Balaban J connectivity index is 1.73. The molecule has 0 bridgehead atoms. The number of alkyl halides is 1. The molecular formula is C21H18ClN3O2. The number of para-hydroxylation sites is 1. The number of carbonyl (C=O) groups excluding carboxylic acids is 2. The molecule has 2 aliphatic rings. The first-order valence-corrected chi connectivity index (χ1v) is 9.58. The number of halogens is 1. The minimum Gasteiger partial charge on any atom is -0.356 e. The monoisotopic (exact) mass is 379 g/mol. The molecule has 1 N–H and O–H groups in total. The van der Waals surface area contributed by atoms with E-state index in [1.54, 1.807) is 4.90 Å². The summed E-state index contributed by atoms with van der Waals surface area (Å²) in [7, 11) is 0. The van der Waals surface area contributed by atoms with Gasteiger partial charge in [-0.3, -0.25) is 14.6 Å². The summed E-state index contributed by atoms with van der Waals surface area (Å²) in [6.07, 6.45) is 0.520. The molecule has 2 aliphatic heterocycles. The first-order chi connectivity index (χ1) is 13.2. The van der Waals surface area contributed by atoms with Crippen molar-refractivity contribution in [3.63, 3.8) is 0 Å². The topological polar surface area (TPSA) is 56.4 Å². The highest BCUT2D eigenvalue weighted by molar-refractivity contribution is 6.18. The van der Waals surface area contributed by atoms with E-state index < -0.39 is 6.04 Å². The number of carbonyl (C=O) groups is 2. The summed E-state index contributed by atoms with van der Waals surface area (Å²) in [5.74, 6) is 0.0833. The Morgan fingerprint density at radius 1 is 1.04 bits per heavy atom. The van der Waals surface area contributed by atoms with Crippen molar-refractivity contribution in [1.82, 2.24) is 14.8 Å². The fraction of sp³-hybridized carbons (Fsp3) is 0.238. The van der Waals surface area contributed by atoms with Crippen LogP contribution in [0.1, 0.15) is 22.9 Å². The predicted molar refractivity (Wildman–Crippen MR) is 104 cm³/mol. The van der Waals surface area contributed by atoms with Gasteiger partial charge in [-0.25, -0.2) is 4.79 Å². The molecule has 3 heterocycles. The lowest BCUT2D eigenvalue weighted by Gasteiger charge is -2.36. The van der Waals surface area contributed by atoms with Gasteiger partial charge < -0.3 is 4.98 Å². The Kier molecular flexibility index (Phi) is 3.72. The Bertz CT molecular complexity index is 1050. The number of aromatic amines is 1. The number of nitrogens with one attached hydrogen (secondary N) is 1. The number of hydrogen-bond donors (Lipinski definition) is 1. The molecule has 1 aromatic heterocycles. The molecule has 2 aromatic carbocycles. The van der Waals surface area contributed by atoms with Crippen LogP contribution in [0.15, 0.2) is 54.6 Å². The van der Waals surface area contributed by atoms with Crippen LogP contribution in [0.4, 0.5) is 4.79 Å². The highest BCUT2D eigenvalue weighted by Gasteiger charge is 2.52. The quantitative estimate of drug-likeness (QED) is 0.557. The van der Waals surface area contributed by atoms with Crippen molar-refractivity contribution in [2.45, 2.75) is 18.5 Å². The zero-order valence-electron chi connectivity index (χ0n) is 14.6. The summed E-state index contributed by atoms with van der Waals surface area (Å²) in [5.41, 5.74) is 4.13. The van der Waals surface area contributed by atoms with E-state index in [1.165, 1.54) is 4.90 Å². The summed E-state index contributed by atoms with van der Waals surface area (Å²) in [6, 6.07) is 16.9. The van der Waals surface area contributed by atoms with E-state index in [9.17, 15) is 9.59 Å². The van der Waals surface area contributed by atoms with Crippen LogP contribution in [-0.4, -0.2) is 45.2 Å².